The van der Waals surface area contributed by atoms with Gasteiger partial charge in [0, 0.05) is 30.5 Å². The number of thioether (sulfide) groups is 1. The number of nitrogens with zero attached hydrogens (tertiary/aromatic N) is 5. The van der Waals surface area contributed by atoms with Gasteiger partial charge in [0.2, 0.25) is 11.1 Å². The zero-order valence-electron chi connectivity index (χ0n) is 14.0. The summed E-state index contributed by atoms with van der Waals surface area (Å²) in [7, 11) is 1.85. The van der Waals surface area contributed by atoms with E-state index < -0.39 is 0 Å². The fraction of sp³-hybridized carbons (Fsp3) is 0.600. The molecule has 0 radical (unpaired) electrons. The second kappa shape index (κ2) is 6.64. The fourth-order valence-corrected chi connectivity index (χ4v) is 2.80. The van der Waals surface area contributed by atoms with Crippen molar-refractivity contribution in [3.05, 3.63) is 17.0 Å². The minimum absolute atomic E-state index is 0.103. The monoisotopic (exact) mass is 321 g/mol. The van der Waals surface area contributed by atoms with Crippen molar-refractivity contribution in [1.82, 2.24) is 24.5 Å². The predicted octanol–water partition coefficient (Wildman–Crippen LogP) is 2.12. The fourth-order valence-electron chi connectivity index (χ4n) is 2.47. The summed E-state index contributed by atoms with van der Waals surface area (Å²) < 4.78 is 1.73. The van der Waals surface area contributed by atoms with Crippen molar-refractivity contribution in [2.24, 2.45) is 5.92 Å². The molecule has 2 aromatic rings. The highest BCUT2D eigenvalue weighted by Crippen LogP contribution is 2.17. The summed E-state index contributed by atoms with van der Waals surface area (Å²) in [6.07, 6.45) is 2.28. The second-order valence-corrected chi connectivity index (χ2v) is 6.69. The maximum Gasteiger partial charge on any atom is 0.253 e. The molecule has 6 nitrogen and oxygen atoms in total. The van der Waals surface area contributed by atoms with Crippen molar-refractivity contribution in [1.29, 1.82) is 0 Å². The summed E-state index contributed by atoms with van der Waals surface area (Å²) >= 11 is 1.48. The Balaban J connectivity index is 2.33. The van der Waals surface area contributed by atoms with Crippen LogP contribution in [0.4, 0.5) is 0 Å². The number of aromatic nitrogens is 4. The number of fused-ring (bicyclic) bond motifs is 1. The van der Waals surface area contributed by atoms with Crippen LogP contribution in [0.3, 0.4) is 0 Å². The molecular formula is C15H23N5OS. The Hall–Kier alpha value is -1.63. The van der Waals surface area contributed by atoms with Crippen LogP contribution in [0.15, 0.2) is 5.16 Å². The first-order chi connectivity index (χ1) is 10.3. The van der Waals surface area contributed by atoms with Gasteiger partial charge in [-0.2, -0.15) is 4.98 Å². The zero-order chi connectivity index (χ0) is 16.4. The minimum Gasteiger partial charge on any atom is -0.345 e. The van der Waals surface area contributed by atoms with Crippen molar-refractivity contribution in [3.8, 4) is 0 Å². The molecule has 1 amide bonds. The van der Waals surface area contributed by atoms with E-state index in [1.54, 1.807) is 9.42 Å². The molecule has 2 aromatic heterocycles. The van der Waals surface area contributed by atoms with E-state index in [0.29, 0.717) is 23.3 Å². The van der Waals surface area contributed by atoms with Gasteiger partial charge in [-0.25, -0.2) is 9.50 Å². The second-order valence-electron chi connectivity index (χ2n) is 5.92. The van der Waals surface area contributed by atoms with Crippen LogP contribution in [0.5, 0.6) is 0 Å². The van der Waals surface area contributed by atoms with Crippen LogP contribution >= 0.6 is 11.8 Å². The number of amides is 1. The van der Waals surface area contributed by atoms with Crippen LogP contribution in [0.1, 0.15) is 30.8 Å². The van der Waals surface area contributed by atoms with Gasteiger partial charge in [-0.1, -0.05) is 25.6 Å². The molecule has 0 saturated carbocycles. The molecule has 0 atom stereocenters. The lowest BCUT2D eigenvalue weighted by molar-refractivity contribution is -0.129. The topological polar surface area (TPSA) is 63.4 Å². The van der Waals surface area contributed by atoms with Crippen molar-refractivity contribution >= 4 is 23.4 Å². The number of hydrogen-bond acceptors (Lipinski definition) is 5. The lowest BCUT2D eigenvalue weighted by atomic mass is 10.1. The van der Waals surface area contributed by atoms with Gasteiger partial charge in [0.05, 0.1) is 6.42 Å². The highest BCUT2D eigenvalue weighted by atomic mass is 32.2. The maximum absolute atomic E-state index is 12.4. The summed E-state index contributed by atoms with van der Waals surface area (Å²) in [4.78, 5) is 23.0. The third-order valence-electron chi connectivity index (χ3n) is 3.60. The maximum atomic E-state index is 12.4. The van der Waals surface area contributed by atoms with Crippen LogP contribution < -0.4 is 0 Å². The van der Waals surface area contributed by atoms with E-state index in [1.807, 2.05) is 27.2 Å². The first kappa shape index (κ1) is 16.7. The predicted molar refractivity (Wildman–Crippen MR) is 88.2 cm³/mol. The van der Waals surface area contributed by atoms with Crippen LogP contribution in [0.2, 0.25) is 0 Å². The van der Waals surface area contributed by atoms with E-state index in [1.165, 1.54) is 11.8 Å². The third-order valence-corrected chi connectivity index (χ3v) is 4.14. The van der Waals surface area contributed by atoms with Gasteiger partial charge in [-0.05, 0) is 26.0 Å². The lowest BCUT2D eigenvalue weighted by Crippen LogP contribution is -2.32. The normalized spacial score (nSPS) is 11.4. The quantitative estimate of drug-likeness (QED) is 0.789. The molecule has 7 heteroatoms. The van der Waals surface area contributed by atoms with Crippen LogP contribution in [0, 0.1) is 19.8 Å². The van der Waals surface area contributed by atoms with Gasteiger partial charge in [0.1, 0.15) is 0 Å². The molecule has 0 N–H and O–H groups in total. The molecule has 0 saturated heterocycles. The number of hydrogen-bond donors (Lipinski definition) is 0. The van der Waals surface area contributed by atoms with Gasteiger partial charge in [-0.15, -0.1) is 5.10 Å². The molecule has 0 unspecified atom stereocenters. The van der Waals surface area contributed by atoms with Gasteiger partial charge >= 0.3 is 0 Å². The number of carbonyl (C=O) groups excluding carboxylic acids is 1. The Morgan fingerprint density at radius 3 is 2.59 bits per heavy atom. The van der Waals surface area contributed by atoms with Crippen molar-refractivity contribution < 1.29 is 4.79 Å². The van der Waals surface area contributed by atoms with Crippen LogP contribution in [-0.2, 0) is 11.2 Å². The van der Waals surface area contributed by atoms with Crippen molar-refractivity contribution in [2.75, 3.05) is 19.8 Å². The molecule has 22 heavy (non-hydrogen) atoms. The molecule has 0 aliphatic carbocycles. The average molecular weight is 321 g/mol. The number of likely N-dealkylation sites (N-methyl/N-ethyl adjacent to an activating group) is 1. The largest absolute Gasteiger partial charge is 0.345 e. The van der Waals surface area contributed by atoms with E-state index in [4.69, 9.17) is 0 Å². The van der Waals surface area contributed by atoms with Gasteiger partial charge in [0.25, 0.3) is 5.78 Å². The van der Waals surface area contributed by atoms with E-state index in [2.05, 4.69) is 28.9 Å². The number of carbonyl (C=O) groups is 1. The first-order valence-corrected chi connectivity index (χ1v) is 8.56. The molecule has 120 valence electrons. The highest BCUT2D eigenvalue weighted by Gasteiger charge is 2.18. The zero-order valence-corrected chi connectivity index (χ0v) is 14.9. The summed E-state index contributed by atoms with van der Waals surface area (Å²) in [5.41, 5.74) is 2.71. The Morgan fingerprint density at radius 2 is 2.00 bits per heavy atom. The van der Waals surface area contributed by atoms with Gasteiger partial charge in [-0.3, -0.25) is 4.79 Å². The smallest absolute Gasteiger partial charge is 0.253 e. The Bertz CT molecular complexity index is 695. The molecule has 2 heterocycles. The summed E-state index contributed by atoms with van der Waals surface area (Å²) in [5.74, 6) is 1.15. The molecule has 0 aromatic carbocycles. The van der Waals surface area contributed by atoms with E-state index in [9.17, 15) is 4.79 Å². The summed E-state index contributed by atoms with van der Waals surface area (Å²) in [6, 6.07) is 0. The van der Waals surface area contributed by atoms with Gasteiger partial charge in [0.15, 0.2) is 0 Å². The molecule has 0 bridgehead atoms. The highest BCUT2D eigenvalue weighted by molar-refractivity contribution is 7.98. The van der Waals surface area contributed by atoms with Crippen molar-refractivity contribution in [2.45, 2.75) is 39.3 Å². The van der Waals surface area contributed by atoms with E-state index in [-0.39, 0.29) is 5.91 Å². The number of rotatable bonds is 5. The van der Waals surface area contributed by atoms with Crippen LogP contribution in [-0.4, -0.2) is 50.2 Å². The molecule has 2 rings (SSSR count). The Labute approximate surface area is 135 Å². The summed E-state index contributed by atoms with van der Waals surface area (Å²) in [6.45, 7) is 8.85. The third kappa shape index (κ3) is 3.40. The SMILES string of the molecule is CSc1nc2nc(C)c(CC(=O)N(C)CC(C)C)c(C)n2n1. The molecule has 0 spiro atoms. The van der Waals surface area contributed by atoms with E-state index in [0.717, 1.165) is 23.5 Å². The number of aryl methyl sites for hydroxylation is 2. The molecule has 0 aliphatic heterocycles. The Kier molecular flexibility index (Phi) is 5.05. The lowest BCUT2D eigenvalue weighted by Gasteiger charge is -2.20. The summed E-state index contributed by atoms with van der Waals surface area (Å²) in [5, 5.41) is 5.10. The molecule has 0 fully saturated rings. The standard InChI is InChI=1S/C15H23N5OS/c1-9(2)8-19(5)13(21)7-12-10(3)16-14-17-15(22-6)18-20(14)11(12)4/h9H,7-8H2,1-6H3. The van der Waals surface area contributed by atoms with Gasteiger partial charge < -0.3 is 4.90 Å². The minimum atomic E-state index is 0.103. The van der Waals surface area contributed by atoms with E-state index >= 15 is 0 Å². The molecule has 0 aliphatic rings. The first-order valence-electron chi connectivity index (χ1n) is 7.34. The average Bonchev–Trinajstić information content (AvgIpc) is 2.85. The Morgan fingerprint density at radius 1 is 1.32 bits per heavy atom. The molecular weight excluding hydrogens is 298 g/mol. The van der Waals surface area contributed by atoms with Crippen molar-refractivity contribution in [3.63, 3.8) is 0 Å². The van der Waals surface area contributed by atoms with Crippen LogP contribution in [0.25, 0.3) is 5.78 Å².